The Kier molecular flexibility index (Phi) is 9.89. The van der Waals surface area contributed by atoms with Crippen molar-refractivity contribution in [3.63, 3.8) is 0 Å². The Morgan fingerprint density at radius 1 is 1.28 bits per heavy atom. The number of aliphatic hydroxyl groups is 1. The van der Waals surface area contributed by atoms with Crippen LogP contribution in [0.5, 0.6) is 0 Å². The first kappa shape index (κ1) is 23.6. The number of hydrogen-bond donors (Lipinski definition) is 3. The van der Waals surface area contributed by atoms with Crippen LogP contribution in [0.4, 0.5) is 0 Å². The van der Waals surface area contributed by atoms with Gasteiger partial charge in [0.1, 0.15) is 0 Å². The number of rotatable bonds is 7. The summed E-state index contributed by atoms with van der Waals surface area (Å²) in [5, 5.41) is 18.2. The molecule has 2 aromatic rings. The Balaban J connectivity index is 0.00000300. The minimum absolute atomic E-state index is 0. The maximum atomic E-state index is 12.5. The number of aliphatic hydroxyl groups excluding tert-OH is 1. The summed E-state index contributed by atoms with van der Waals surface area (Å²) in [7, 11) is 1.70. The van der Waals surface area contributed by atoms with Crippen LogP contribution in [0, 0.1) is 0 Å². The van der Waals surface area contributed by atoms with Gasteiger partial charge in [-0.3, -0.25) is 9.79 Å². The Labute approximate surface area is 193 Å². The molecule has 0 saturated heterocycles. The molecule has 0 saturated carbocycles. The molecule has 1 aromatic heterocycles. The third-order valence-corrected chi connectivity index (χ3v) is 6.05. The average molecular weight is 528 g/mol. The molecule has 1 aromatic carbocycles. The summed E-state index contributed by atoms with van der Waals surface area (Å²) in [5.74, 6) is 0.799. The van der Waals surface area contributed by atoms with Gasteiger partial charge in [0, 0.05) is 50.4 Å². The molecule has 1 aliphatic rings. The summed E-state index contributed by atoms with van der Waals surface area (Å²) in [4.78, 5) is 20.0. The van der Waals surface area contributed by atoms with Crippen molar-refractivity contribution in [2.75, 3.05) is 33.3 Å². The van der Waals surface area contributed by atoms with Crippen molar-refractivity contribution in [2.24, 2.45) is 4.99 Å². The van der Waals surface area contributed by atoms with E-state index in [4.69, 9.17) is 0 Å². The monoisotopic (exact) mass is 528 g/mol. The summed E-state index contributed by atoms with van der Waals surface area (Å²) < 4.78 is 0. The van der Waals surface area contributed by atoms with Crippen LogP contribution in [-0.4, -0.2) is 55.2 Å². The van der Waals surface area contributed by atoms with Crippen LogP contribution in [0.15, 0.2) is 46.8 Å². The van der Waals surface area contributed by atoms with Crippen molar-refractivity contribution < 1.29 is 9.90 Å². The molecule has 3 N–H and O–H groups in total. The van der Waals surface area contributed by atoms with Gasteiger partial charge in [-0.25, -0.2) is 0 Å². The second-order valence-electron chi connectivity index (χ2n) is 6.85. The zero-order chi connectivity index (χ0) is 19.8. The highest BCUT2D eigenvalue weighted by Crippen LogP contribution is 2.24. The molecule has 29 heavy (non-hydrogen) atoms. The largest absolute Gasteiger partial charge is 0.396 e. The number of benzene rings is 1. The molecule has 1 unspecified atom stereocenters. The fraction of sp³-hybridized carbons (Fsp3) is 0.429. The van der Waals surface area contributed by atoms with Crippen molar-refractivity contribution in [3.05, 3.63) is 57.8 Å². The first-order valence-corrected chi connectivity index (χ1v) is 10.5. The van der Waals surface area contributed by atoms with Gasteiger partial charge >= 0.3 is 0 Å². The van der Waals surface area contributed by atoms with Gasteiger partial charge in [0.2, 0.25) is 5.91 Å². The molecule has 1 amide bonds. The maximum absolute atomic E-state index is 12.5. The van der Waals surface area contributed by atoms with Crippen LogP contribution in [-0.2, 0) is 17.8 Å². The van der Waals surface area contributed by atoms with E-state index in [0.717, 1.165) is 25.1 Å². The minimum Gasteiger partial charge on any atom is -0.396 e. The third kappa shape index (κ3) is 6.68. The first-order valence-electron chi connectivity index (χ1n) is 9.64. The van der Waals surface area contributed by atoms with E-state index in [-0.39, 0.29) is 42.4 Å². The van der Waals surface area contributed by atoms with E-state index in [2.05, 4.69) is 27.1 Å². The predicted molar refractivity (Wildman–Crippen MR) is 129 cm³/mol. The number of nitrogens with zero attached hydrogens (tertiary/aromatic N) is 2. The molecule has 6 nitrogen and oxygen atoms in total. The summed E-state index contributed by atoms with van der Waals surface area (Å²) in [6.45, 7) is 2.68. The van der Waals surface area contributed by atoms with Gasteiger partial charge in [0.25, 0.3) is 0 Å². The van der Waals surface area contributed by atoms with Gasteiger partial charge in [-0.1, -0.05) is 30.3 Å². The topological polar surface area (TPSA) is 77.0 Å². The number of aliphatic imine (C=N–C) groups is 1. The molecule has 0 spiro atoms. The van der Waals surface area contributed by atoms with E-state index >= 15 is 0 Å². The molecule has 2 heterocycles. The van der Waals surface area contributed by atoms with Crippen LogP contribution in [0.2, 0.25) is 0 Å². The third-order valence-electron chi connectivity index (χ3n) is 5.02. The van der Waals surface area contributed by atoms with Crippen molar-refractivity contribution in [3.8, 4) is 0 Å². The van der Waals surface area contributed by atoms with E-state index in [0.29, 0.717) is 25.5 Å². The number of halogens is 1. The Hall–Kier alpha value is -1.65. The highest BCUT2D eigenvalue weighted by Gasteiger charge is 2.21. The fourth-order valence-electron chi connectivity index (χ4n) is 3.36. The molecule has 158 valence electrons. The number of hydrogen-bond acceptors (Lipinski definition) is 4. The molecule has 0 fully saturated rings. The fourth-order valence-corrected chi connectivity index (χ4v) is 4.25. The average Bonchev–Trinajstić information content (AvgIpc) is 3.21. The standard InChI is InChI=1S/C21H28N4O2S.HI/c1-22-21(24-13-18(15-26)16-5-3-2-4-6-16)23-10-7-20(27)25-11-8-19-17(14-25)9-12-28-19;/h2-6,9,12,18,26H,7-8,10-11,13-15H2,1H3,(H2,22,23,24);1H. The lowest BCUT2D eigenvalue weighted by Gasteiger charge is -2.27. The van der Waals surface area contributed by atoms with Crippen LogP contribution in [0.25, 0.3) is 0 Å². The minimum atomic E-state index is -0.00506. The zero-order valence-corrected chi connectivity index (χ0v) is 19.8. The highest BCUT2D eigenvalue weighted by molar-refractivity contribution is 14.0. The van der Waals surface area contributed by atoms with E-state index in [1.165, 1.54) is 10.4 Å². The molecular weight excluding hydrogens is 499 g/mol. The number of guanidine groups is 1. The summed E-state index contributed by atoms with van der Waals surface area (Å²) >= 11 is 1.78. The lowest BCUT2D eigenvalue weighted by atomic mass is 10.0. The van der Waals surface area contributed by atoms with Crippen molar-refractivity contribution in [1.82, 2.24) is 15.5 Å². The van der Waals surface area contributed by atoms with Crippen molar-refractivity contribution in [1.29, 1.82) is 0 Å². The normalized spacial score (nSPS) is 14.6. The van der Waals surface area contributed by atoms with Crippen LogP contribution < -0.4 is 10.6 Å². The van der Waals surface area contributed by atoms with Crippen LogP contribution in [0.1, 0.15) is 28.3 Å². The Bertz CT molecular complexity index is 797. The molecule has 0 bridgehead atoms. The lowest BCUT2D eigenvalue weighted by molar-refractivity contribution is -0.131. The van der Waals surface area contributed by atoms with E-state index in [9.17, 15) is 9.90 Å². The van der Waals surface area contributed by atoms with E-state index in [1.807, 2.05) is 35.2 Å². The predicted octanol–water partition coefficient (Wildman–Crippen LogP) is 2.58. The number of fused-ring (bicyclic) bond motifs is 1. The Morgan fingerprint density at radius 2 is 2.07 bits per heavy atom. The number of nitrogens with one attached hydrogen (secondary N) is 2. The summed E-state index contributed by atoms with van der Waals surface area (Å²) in [6.07, 6.45) is 1.39. The van der Waals surface area contributed by atoms with Crippen molar-refractivity contribution >= 4 is 47.2 Å². The zero-order valence-electron chi connectivity index (χ0n) is 16.6. The van der Waals surface area contributed by atoms with Crippen LogP contribution >= 0.6 is 35.3 Å². The maximum Gasteiger partial charge on any atom is 0.224 e. The summed E-state index contributed by atoms with van der Waals surface area (Å²) in [6, 6.07) is 12.0. The number of thiophene rings is 1. The molecule has 1 atom stereocenters. The lowest BCUT2D eigenvalue weighted by Crippen LogP contribution is -2.42. The molecule has 1 aliphatic heterocycles. The van der Waals surface area contributed by atoms with Gasteiger partial charge in [-0.15, -0.1) is 35.3 Å². The van der Waals surface area contributed by atoms with Gasteiger partial charge in [-0.05, 0) is 29.0 Å². The molecule has 0 aliphatic carbocycles. The molecule has 8 heteroatoms. The smallest absolute Gasteiger partial charge is 0.224 e. The van der Waals surface area contributed by atoms with E-state index in [1.54, 1.807) is 18.4 Å². The first-order chi connectivity index (χ1) is 13.7. The number of carbonyl (C=O) groups excluding carboxylic acids is 1. The second-order valence-corrected chi connectivity index (χ2v) is 7.86. The quantitative estimate of drug-likeness (QED) is 0.294. The van der Waals surface area contributed by atoms with Crippen LogP contribution in [0.3, 0.4) is 0 Å². The van der Waals surface area contributed by atoms with Gasteiger partial charge in [0.15, 0.2) is 5.96 Å². The molecule has 0 radical (unpaired) electrons. The molecular formula is C21H29IN4O2S. The van der Waals surface area contributed by atoms with Gasteiger partial charge in [0.05, 0.1) is 6.61 Å². The number of carbonyl (C=O) groups is 1. The second kappa shape index (κ2) is 12.1. The van der Waals surface area contributed by atoms with E-state index < -0.39 is 0 Å². The number of amides is 1. The van der Waals surface area contributed by atoms with Crippen molar-refractivity contribution in [2.45, 2.75) is 25.3 Å². The molecule has 3 rings (SSSR count). The van der Waals surface area contributed by atoms with Gasteiger partial charge < -0.3 is 20.6 Å². The Morgan fingerprint density at radius 3 is 2.79 bits per heavy atom. The summed E-state index contributed by atoms with van der Waals surface area (Å²) in [5.41, 5.74) is 2.37. The van der Waals surface area contributed by atoms with Gasteiger partial charge in [-0.2, -0.15) is 0 Å². The highest BCUT2D eigenvalue weighted by atomic mass is 127. The SMILES string of the molecule is CN=C(NCCC(=O)N1CCc2sccc2C1)NCC(CO)c1ccccc1.I.